The number of phenols is 1. The maximum atomic E-state index is 11.6. The van der Waals surface area contributed by atoms with Crippen molar-refractivity contribution >= 4 is 11.0 Å². The molecular weight excluding hydrogens is 246 g/mol. The molecule has 0 bridgehead atoms. The Bertz CT molecular complexity index is 804. The standard InChI is InChI=1S/C13H11N3O3/c1-19-10-6-7(17)2-3-8(10)12-15-9-4-5-14-13(18)11(9)16-12/h2-6,17H,1H3,(H,14,18)(H,15,16). The van der Waals surface area contributed by atoms with Gasteiger partial charge < -0.3 is 19.8 Å². The number of nitrogens with one attached hydrogen (secondary N) is 2. The maximum Gasteiger partial charge on any atom is 0.276 e. The Balaban J connectivity index is 2.25. The molecule has 0 saturated carbocycles. The van der Waals surface area contributed by atoms with Crippen molar-refractivity contribution in [1.29, 1.82) is 0 Å². The number of pyridine rings is 1. The van der Waals surface area contributed by atoms with Gasteiger partial charge in [0.15, 0.2) is 5.52 Å². The van der Waals surface area contributed by atoms with E-state index in [1.54, 1.807) is 18.3 Å². The molecule has 1 aromatic carbocycles. The van der Waals surface area contributed by atoms with Crippen molar-refractivity contribution in [3.63, 3.8) is 0 Å². The van der Waals surface area contributed by atoms with E-state index in [0.29, 0.717) is 28.2 Å². The Morgan fingerprint density at radius 1 is 1.32 bits per heavy atom. The number of hydrogen-bond acceptors (Lipinski definition) is 4. The van der Waals surface area contributed by atoms with E-state index in [-0.39, 0.29) is 11.3 Å². The smallest absolute Gasteiger partial charge is 0.276 e. The molecular formula is C13H11N3O3. The number of phenolic OH excluding ortho intramolecular Hbond substituents is 1. The molecule has 0 aliphatic heterocycles. The predicted octanol–water partition coefficient (Wildman–Crippen LogP) is 1.63. The van der Waals surface area contributed by atoms with Gasteiger partial charge in [0.1, 0.15) is 17.3 Å². The lowest BCUT2D eigenvalue weighted by molar-refractivity contribution is 0.409. The van der Waals surface area contributed by atoms with Gasteiger partial charge in [-0.3, -0.25) is 4.79 Å². The number of methoxy groups -OCH3 is 1. The van der Waals surface area contributed by atoms with Gasteiger partial charge >= 0.3 is 0 Å². The maximum absolute atomic E-state index is 11.6. The second-order valence-electron chi connectivity index (χ2n) is 4.04. The van der Waals surface area contributed by atoms with Gasteiger partial charge in [0.25, 0.3) is 5.56 Å². The first-order valence-corrected chi connectivity index (χ1v) is 5.64. The zero-order valence-corrected chi connectivity index (χ0v) is 10.1. The van der Waals surface area contributed by atoms with E-state index < -0.39 is 0 Å². The Morgan fingerprint density at radius 3 is 2.89 bits per heavy atom. The minimum atomic E-state index is -0.252. The van der Waals surface area contributed by atoms with E-state index in [0.717, 1.165) is 0 Å². The molecule has 0 aliphatic carbocycles. The molecule has 0 aliphatic rings. The number of H-pyrrole nitrogens is 2. The molecule has 0 atom stereocenters. The van der Waals surface area contributed by atoms with Crippen LogP contribution >= 0.6 is 0 Å². The molecule has 2 heterocycles. The van der Waals surface area contributed by atoms with Crippen molar-refractivity contribution < 1.29 is 9.84 Å². The summed E-state index contributed by atoms with van der Waals surface area (Å²) in [4.78, 5) is 21.5. The van der Waals surface area contributed by atoms with Gasteiger partial charge in [-0.05, 0) is 18.2 Å². The molecule has 19 heavy (non-hydrogen) atoms. The molecule has 0 saturated heterocycles. The normalized spacial score (nSPS) is 10.8. The minimum absolute atomic E-state index is 0.106. The highest BCUT2D eigenvalue weighted by Gasteiger charge is 2.12. The number of aromatic amines is 2. The first-order chi connectivity index (χ1) is 9.19. The van der Waals surface area contributed by atoms with E-state index in [4.69, 9.17) is 4.74 Å². The average molecular weight is 257 g/mol. The first-order valence-electron chi connectivity index (χ1n) is 5.64. The van der Waals surface area contributed by atoms with Crippen LogP contribution in [0.4, 0.5) is 0 Å². The molecule has 2 aromatic heterocycles. The third kappa shape index (κ3) is 1.83. The van der Waals surface area contributed by atoms with Crippen LogP contribution in [-0.4, -0.2) is 27.2 Å². The molecule has 3 N–H and O–H groups in total. The molecule has 0 amide bonds. The quantitative estimate of drug-likeness (QED) is 0.650. The fraction of sp³-hybridized carbons (Fsp3) is 0.0769. The van der Waals surface area contributed by atoms with E-state index >= 15 is 0 Å². The van der Waals surface area contributed by atoms with Crippen molar-refractivity contribution in [3.8, 4) is 22.9 Å². The lowest BCUT2D eigenvalue weighted by Gasteiger charge is -2.06. The van der Waals surface area contributed by atoms with E-state index in [9.17, 15) is 9.90 Å². The van der Waals surface area contributed by atoms with Crippen LogP contribution in [0.15, 0.2) is 35.3 Å². The summed E-state index contributed by atoms with van der Waals surface area (Å²) in [5, 5.41) is 9.43. The molecule has 0 unspecified atom stereocenters. The summed E-state index contributed by atoms with van der Waals surface area (Å²) in [5.74, 6) is 1.11. The molecule has 0 radical (unpaired) electrons. The number of benzene rings is 1. The first kappa shape index (κ1) is 11.3. The second kappa shape index (κ2) is 4.16. The minimum Gasteiger partial charge on any atom is -0.508 e. The van der Waals surface area contributed by atoms with Crippen LogP contribution in [0.3, 0.4) is 0 Å². The summed E-state index contributed by atoms with van der Waals surface area (Å²) in [7, 11) is 1.51. The van der Waals surface area contributed by atoms with Crippen molar-refractivity contribution in [1.82, 2.24) is 15.0 Å². The lowest BCUT2D eigenvalue weighted by atomic mass is 10.2. The summed E-state index contributed by atoms with van der Waals surface area (Å²) in [6.45, 7) is 0. The molecule has 6 nitrogen and oxygen atoms in total. The largest absolute Gasteiger partial charge is 0.508 e. The fourth-order valence-corrected chi connectivity index (χ4v) is 1.95. The van der Waals surface area contributed by atoms with Crippen molar-refractivity contribution in [2.24, 2.45) is 0 Å². The van der Waals surface area contributed by atoms with Gasteiger partial charge in [-0.1, -0.05) is 0 Å². The zero-order chi connectivity index (χ0) is 13.4. The Kier molecular flexibility index (Phi) is 2.49. The third-order valence-corrected chi connectivity index (χ3v) is 2.85. The van der Waals surface area contributed by atoms with Gasteiger partial charge in [-0.25, -0.2) is 4.98 Å². The topological polar surface area (TPSA) is 91.0 Å². The third-order valence-electron chi connectivity index (χ3n) is 2.85. The highest BCUT2D eigenvalue weighted by atomic mass is 16.5. The highest BCUT2D eigenvalue weighted by Crippen LogP contribution is 2.31. The summed E-state index contributed by atoms with van der Waals surface area (Å²) < 4.78 is 5.20. The monoisotopic (exact) mass is 257 g/mol. The zero-order valence-electron chi connectivity index (χ0n) is 10.1. The van der Waals surface area contributed by atoms with Gasteiger partial charge in [0.2, 0.25) is 0 Å². The van der Waals surface area contributed by atoms with E-state index in [1.165, 1.54) is 19.2 Å². The van der Waals surface area contributed by atoms with Gasteiger partial charge in [0, 0.05) is 12.3 Å². The molecule has 0 spiro atoms. The molecule has 96 valence electrons. The van der Waals surface area contributed by atoms with Gasteiger partial charge in [-0.2, -0.15) is 0 Å². The molecule has 6 heteroatoms. The second-order valence-corrected chi connectivity index (χ2v) is 4.04. The predicted molar refractivity (Wildman–Crippen MR) is 70.4 cm³/mol. The number of nitrogens with zero attached hydrogens (tertiary/aromatic N) is 1. The van der Waals surface area contributed by atoms with Crippen LogP contribution < -0.4 is 10.3 Å². The fourth-order valence-electron chi connectivity index (χ4n) is 1.95. The summed E-state index contributed by atoms with van der Waals surface area (Å²) >= 11 is 0. The van der Waals surface area contributed by atoms with E-state index in [1.807, 2.05) is 0 Å². The summed E-state index contributed by atoms with van der Waals surface area (Å²) in [6.07, 6.45) is 1.56. The van der Waals surface area contributed by atoms with E-state index in [2.05, 4.69) is 15.0 Å². The lowest BCUT2D eigenvalue weighted by Crippen LogP contribution is -2.03. The van der Waals surface area contributed by atoms with Crippen molar-refractivity contribution in [2.45, 2.75) is 0 Å². The number of imidazole rings is 1. The van der Waals surface area contributed by atoms with Crippen LogP contribution in [0, 0.1) is 0 Å². The molecule has 0 fully saturated rings. The average Bonchev–Trinajstić information content (AvgIpc) is 2.83. The van der Waals surface area contributed by atoms with Crippen LogP contribution in [0.5, 0.6) is 11.5 Å². The Hall–Kier alpha value is -2.76. The molecule has 3 aromatic rings. The number of ether oxygens (including phenoxy) is 1. The van der Waals surface area contributed by atoms with Crippen molar-refractivity contribution in [2.75, 3.05) is 7.11 Å². The van der Waals surface area contributed by atoms with Crippen molar-refractivity contribution in [3.05, 3.63) is 40.8 Å². The number of hydrogen-bond donors (Lipinski definition) is 3. The van der Waals surface area contributed by atoms with Crippen LogP contribution in [-0.2, 0) is 0 Å². The number of aromatic nitrogens is 3. The highest BCUT2D eigenvalue weighted by molar-refractivity contribution is 5.79. The summed E-state index contributed by atoms with van der Waals surface area (Å²) in [6, 6.07) is 6.45. The van der Waals surface area contributed by atoms with Crippen LogP contribution in [0.1, 0.15) is 0 Å². The van der Waals surface area contributed by atoms with Crippen LogP contribution in [0.25, 0.3) is 22.4 Å². The Labute approximate surface area is 107 Å². The van der Waals surface area contributed by atoms with Gasteiger partial charge in [0.05, 0.1) is 18.2 Å². The number of rotatable bonds is 2. The molecule has 3 rings (SSSR count). The SMILES string of the molecule is COc1cc(O)ccc1-c1nc2c(=O)[nH]ccc2[nH]1. The summed E-state index contributed by atoms with van der Waals surface area (Å²) in [5.41, 5.74) is 1.41. The number of fused-ring (bicyclic) bond motifs is 1. The van der Waals surface area contributed by atoms with Crippen LogP contribution in [0.2, 0.25) is 0 Å². The van der Waals surface area contributed by atoms with Gasteiger partial charge in [-0.15, -0.1) is 0 Å². The number of aromatic hydroxyl groups is 1. The Morgan fingerprint density at radius 2 is 2.16 bits per heavy atom.